The van der Waals surface area contributed by atoms with Gasteiger partial charge in [0.2, 0.25) is 0 Å². The Bertz CT molecular complexity index is 701. The van der Waals surface area contributed by atoms with E-state index in [2.05, 4.69) is 46.4 Å². The maximum atomic E-state index is 12.5. The van der Waals surface area contributed by atoms with E-state index in [0.717, 1.165) is 17.1 Å². The van der Waals surface area contributed by atoms with Crippen LogP contribution in [0.2, 0.25) is 0 Å². The molecule has 1 aromatic carbocycles. The van der Waals surface area contributed by atoms with Gasteiger partial charge >= 0.3 is 0 Å². The summed E-state index contributed by atoms with van der Waals surface area (Å²) in [5, 5.41) is 4.14. The summed E-state index contributed by atoms with van der Waals surface area (Å²) in [6, 6.07) is 8.56. The number of aromatic nitrogens is 1. The summed E-state index contributed by atoms with van der Waals surface area (Å²) in [7, 11) is 0. The Morgan fingerprint density at radius 2 is 2.00 bits per heavy atom. The van der Waals surface area contributed by atoms with Gasteiger partial charge < -0.3 is 10.2 Å². The Morgan fingerprint density at radius 3 is 2.65 bits per heavy atom. The summed E-state index contributed by atoms with van der Waals surface area (Å²) < 4.78 is 0. The molecule has 0 aliphatic carbocycles. The van der Waals surface area contributed by atoms with Crippen molar-refractivity contribution in [1.82, 2.24) is 15.2 Å². The SMILES string of the molecule is Cc1ccc(-c2ncc(C(=O)N[C@H]3CN4CCC3CC4)s2)cc1. The molecule has 0 unspecified atom stereocenters. The molecule has 3 saturated heterocycles. The number of amides is 1. The number of fused-ring (bicyclic) bond motifs is 3. The van der Waals surface area contributed by atoms with Gasteiger partial charge in [0.1, 0.15) is 9.88 Å². The van der Waals surface area contributed by atoms with Gasteiger partial charge in [0.25, 0.3) is 5.91 Å². The fourth-order valence-electron chi connectivity index (χ4n) is 3.58. The number of benzene rings is 1. The van der Waals surface area contributed by atoms with Crippen molar-refractivity contribution in [2.24, 2.45) is 5.92 Å². The third-order valence-corrected chi connectivity index (χ3v) is 6.05. The van der Waals surface area contributed by atoms with Crippen LogP contribution in [0.4, 0.5) is 0 Å². The maximum Gasteiger partial charge on any atom is 0.263 e. The van der Waals surface area contributed by atoms with Gasteiger partial charge in [0.15, 0.2) is 0 Å². The standard InChI is InChI=1S/C18H21N3OS/c1-12-2-4-14(5-3-12)18-19-10-16(23-18)17(22)20-15-11-21-8-6-13(15)7-9-21/h2-5,10,13,15H,6-9,11H2,1H3,(H,20,22)/t15-/m0/s1. The number of carbonyl (C=O) groups excluding carboxylic acids is 1. The summed E-state index contributed by atoms with van der Waals surface area (Å²) in [4.78, 5) is 20.1. The highest BCUT2D eigenvalue weighted by Gasteiger charge is 2.35. The molecule has 5 rings (SSSR count). The highest BCUT2D eigenvalue weighted by molar-refractivity contribution is 7.16. The second-order valence-electron chi connectivity index (χ2n) is 6.61. The van der Waals surface area contributed by atoms with Crippen molar-refractivity contribution in [1.29, 1.82) is 0 Å². The van der Waals surface area contributed by atoms with Crippen LogP contribution in [-0.4, -0.2) is 41.5 Å². The molecule has 2 aromatic rings. The van der Waals surface area contributed by atoms with Crippen molar-refractivity contribution in [3.05, 3.63) is 40.9 Å². The maximum absolute atomic E-state index is 12.5. The van der Waals surface area contributed by atoms with Gasteiger partial charge in [0, 0.05) is 18.2 Å². The summed E-state index contributed by atoms with van der Waals surface area (Å²) in [5.41, 5.74) is 2.30. The van der Waals surface area contributed by atoms with E-state index in [-0.39, 0.29) is 5.91 Å². The van der Waals surface area contributed by atoms with Crippen LogP contribution in [0.25, 0.3) is 10.6 Å². The van der Waals surface area contributed by atoms with E-state index in [1.807, 2.05) is 0 Å². The normalized spacial score (nSPS) is 26.2. The molecule has 5 heteroatoms. The molecule has 1 N–H and O–H groups in total. The molecule has 2 bridgehead atoms. The predicted molar refractivity (Wildman–Crippen MR) is 92.7 cm³/mol. The van der Waals surface area contributed by atoms with Gasteiger partial charge in [-0.3, -0.25) is 4.79 Å². The average molecular weight is 327 g/mol. The Labute approximate surface area is 140 Å². The molecule has 23 heavy (non-hydrogen) atoms. The highest BCUT2D eigenvalue weighted by Crippen LogP contribution is 2.29. The Morgan fingerprint density at radius 1 is 1.26 bits per heavy atom. The van der Waals surface area contributed by atoms with Crippen LogP contribution in [0.1, 0.15) is 28.1 Å². The lowest BCUT2D eigenvalue weighted by atomic mass is 9.84. The molecule has 120 valence electrons. The summed E-state index contributed by atoms with van der Waals surface area (Å²) in [5.74, 6) is 0.674. The van der Waals surface area contributed by atoms with Crippen LogP contribution in [0, 0.1) is 12.8 Å². The summed E-state index contributed by atoms with van der Waals surface area (Å²) in [6.45, 7) is 5.45. The van der Waals surface area contributed by atoms with E-state index in [4.69, 9.17) is 0 Å². The molecule has 1 atom stereocenters. The topological polar surface area (TPSA) is 45.2 Å². The van der Waals surface area contributed by atoms with Gasteiger partial charge in [0.05, 0.1) is 6.20 Å². The number of piperidine rings is 3. The second-order valence-corrected chi connectivity index (χ2v) is 7.64. The molecule has 3 aliphatic heterocycles. The fourth-order valence-corrected chi connectivity index (χ4v) is 4.40. The van der Waals surface area contributed by atoms with Gasteiger partial charge in [-0.15, -0.1) is 11.3 Å². The van der Waals surface area contributed by atoms with Crippen LogP contribution in [-0.2, 0) is 0 Å². The zero-order valence-corrected chi connectivity index (χ0v) is 14.1. The molecule has 4 nitrogen and oxygen atoms in total. The van der Waals surface area contributed by atoms with Crippen molar-refractivity contribution in [3.63, 3.8) is 0 Å². The number of rotatable bonds is 3. The Kier molecular flexibility index (Phi) is 3.91. The average Bonchev–Trinajstić information content (AvgIpc) is 3.07. The van der Waals surface area contributed by atoms with Crippen molar-refractivity contribution >= 4 is 17.2 Å². The first kappa shape index (κ1) is 14.8. The number of carbonyl (C=O) groups is 1. The van der Waals surface area contributed by atoms with Crippen LogP contribution in [0.15, 0.2) is 30.5 Å². The minimum absolute atomic E-state index is 0.0274. The van der Waals surface area contributed by atoms with E-state index >= 15 is 0 Å². The molecule has 3 fully saturated rings. The first-order chi connectivity index (χ1) is 11.2. The van der Waals surface area contributed by atoms with Crippen molar-refractivity contribution in [2.75, 3.05) is 19.6 Å². The molecule has 4 heterocycles. The molecular weight excluding hydrogens is 306 g/mol. The van der Waals surface area contributed by atoms with Crippen molar-refractivity contribution in [2.45, 2.75) is 25.8 Å². The van der Waals surface area contributed by atoms with Gasteiger partial charge in [-0.2, -0.15) is 0 Å². The summed E-state index contributed by atoms with van der Waals surface area (Å²) >= 11 is 1.47. The van der Waals surface area contributed by atoms with Gasteiger partial charge in [-0.25, -0.2) is 4.98 Å². The van der Waals surface area contributed by atoms with E-state index < -0.39 is 0 Å². The van der Waals surface area contributed by atoms with Crippen molar-refractivity contribution in [3.8, 4) is 10.6 Å². The molecule has 1 aromatic heterocycles. The number of nitrogens with one attached hydrogen (secondary N) is 1. The van der Waals surface area contributed by atoms with Gasteiger partial charge in [-0.05, 0) is 38.8 Å². The van der Waals surface area contributed by atoms with E-state index in [1.165, 1.54) is 42.8 Å². The smallest absolute Gasteiger partial charge is 0.263 e. The lowest BCUT2D eigenvalue weighted by Crippen LogP contribution is -2.57. The Balaban J connectivity index is 1.46. The highest BCUT2D eigenvalue weighted by atomic mass is 32.1. The largest absolute Gasteiger partial charge is 0.347 e. The zero-order valence-electron chi connectivity index (χ0n) is 13.3. The summed E-state index contributed by atoms with van der Waals surface area (Å²) in [6.07, 6.45) is 4.13. The lowest BCUT2D eigenvalue weighted by molar-refractivity contribution is 0.0622. The molecule has 0 spiro atoms. The van der Waals surface area contributed by atoms with Gasteiger partial charge in [-0.1, -0.05) is 29.8 Å². The molecular formula is C18H21N3OS. The van der Waals surface area contributed by atoms with Crippen LogP contribution < -0.4 is 5.32 Å². The number of hydrogen-bond acceptors (Lipinski definition) is 4. The number of aryl methyl sites for hydroxylation is 1. The first-order valence-corrected chi connectivity index (χ1v) is 9.07. The molecule has 1 amide bonds. The van der Waals surface area contributed by atoms with E-state index in [9.17, 15) is 4.79 Å². The third-order valence-electron chi connectivity index (χ3n) is 5.00. The zero-order chi connectivity index (χ0) is 15.8. The lowest BCUT2D eigenvalue weighted by Gasteiger charge is -2.44. The first-order valence-electron chi connectivity index (χ1n) is 8.25. The predicted octanol–water partition coefficient (Wildman–Crippen LogP) is 2.94. The fraction of sp³-hybridized carbons (Fsp3) is 0.444. The Hall–Kier alpha value is -1.72. The van der Waals surface area contributed by atoms with Crippen LogP contribution in [0.5, 0.6) is 0 Å². The van der Waals surface area contributed by atoms with Crippen molar-refractivity contribution < 1.29 is 4.79 Å². The van der Waals surface area contributed by atoms with E-state index in [1.54, 1.807) is 6.20 Å². The minimum atomic E-state index is 0.0274. The number of nitrogens with zero attached hydrogens (tertiary/aromatic N) is 2. The van der Waals surface area contributed by atoms with Crippen LogP contribution in [0.3, 0.4) is 0 Å². The minimum Gasteiger partial charge on any atom is -0.347 e. The number of thiazole rings is 1. The molecule has 0 saturated carbocycles. The van der Waals surface area contributed by atoms with Crippen LogP contribution >= 0.6 is 11.3 Å². The monoisotopic (exact) mass is 327 g/mol. The quantitative estimate of drug-likeness (QED) is 0.943. The van der Waals surface area contributed by atoms with E-state index in [0.29, 0.717) is 16.8 Å². The second kappa shape index (κ2) is 6.06. The number of hydrogen-bond donors (Lipinski definition) is 1. The molecule has 3 aliphatic rings. The molecule has 0 radical (unpaired) electrons. The third kappa shape index (κ3) is 3.03.